The third kappa shape index (κ3) is 2.31. The van der Waals surface area contributed by atoms with Crippen LogP contribution in [0.5, 0.6) is 0 Å². The molecule has 0 saturated carbocycles. The lowest BCUT2D eigenvalue weighted by molar-refractivity contribution is 0.104. The number of ketones is 1. The molecule has 1 nitrogen and oxygen atoms in total. The van der Waals surface area contributed by atoms with Crippen LogP contribution in [-0.4, -0.2) is 12.0 Å². The quantitative estimate of drug-likeness (QED) is 0.505. The first-order valence-corrected chi connectivity index (χ1v) is 8.05. The highest BCUT2D eigenvalue weighted by molar-refractivity contribution is 7.98. The van der Waals surface area contributed by atoms with Crippen LogP contribution in [0.3, 0.4) is 0 Å². The van der Waals surface area contributed by atoms with Gasteiger partial charge in [0.15, 0.2) is 5.78 Å². The number of carbonyl (C=O) groups excluding carboxylic acids is 1. The van der Waals surface area contributed by atoms with Crippen LogP contribution in [0.15, 0.2) is 58.8 Å². The summed E-state index contributed by atoms with van der Waals surface area (Å²) >= 11 is 3.30. The van der Waals surface area contributed by atoms with E-state index < -0.39 is 0 Å². The Labute approximate surface area is 120 Å². The van der Waals surface area contributed by atoms with E-state index in [1.165, 1.54) is 4.90 Å². The number of rotatable bonds is 3. The first kappa shape index (κ1) is 12.5. The molecule has 0 saturated heterocycles. The molecule has 1 aromatic heterocycles. The third-order valence-electron chi connectivity index (χ3n) is 3.08. The average Bonchev–Trinajstić information content (AvgIpc) is 2.95. The smallest absolute Gasteiger partial charge is 0.194 e. The van der Waals surface area contributed by atoms with E-state index in [0.717, 1.165) is 21.2 Å². The van der Waals surface area contributed by atoms with E-state index in [0.29, 0.717) is 0 Å². The molecule has 0 N–H and O–H groups in total. The van der Waals surface area contributed by atoms with Crippen LogP contribution in [0.4, 0.5) is 0 Å². The molecule has 0 spiro atoms. The van der Waals surface area contributed by atoms with E-state index in [4.69, 9.17) is 0 Å². The highest BCUT2D eigenvalue weighted by Gasteiger charge is 2.12. The maximum absolute atomic E-state index is 12.6. The van der Waals surface area contributed by atoms with Gasteiger partial charge in [-0.25, -0.2) is 0 Å². The molecule has 2 aromatic carbocycles. The van der Waals surface area contributed by atoms with Crippen molar-refractivity contribution in [1.29, 1.82) is 0 Å². The lowest BCUT2D eigenvalue weighted by Gasteiger charge is -2.04. The van der Waals surface area contributed by atoms with Crippen molar-refractivity contribution in [3.05, 3.63) is 65.0 Å². The molecule has 0 radical (unpaired) electrons. The van der Waals surface area contributed by atoms with Gasteiger partial charge >= 0.3 is 0 Å². The van der Waals surface area contributed by atoms with Crippen LogP contribution < -0.4 is 0 Å². The van der Waals surface area contributed by atoms with Crippen LogP contribution in [-0.2, 0) is 0 Å². The number of hydrogen-bond donors (Lipinski definition) is 0. The summed E-state index contributed by atoms with van der Waals surface area (Å²) in [4.78, 5) is 13.7. The molecule has 19 heavy (non-hydrogen) atoms. The second-order valence-corrected chi connectivity index (χ2v) is 6.00. The molecule has 0 bridgehead atoms. The zero-order chi connectivity index (χ0) is 13.2. The van der Waals surface area contributed by atoms with Crippen molar-refractivity contribution >= 4 is 39.0 Å². The van der Waals surface area contributed by atoms with Gasteiger partial charge in [-0.2, -0.15) is 0 Å². The van der Waals surface area contributed by atoms with Gasteiger partial charge in [0.2, 0.25) is 0 Å². The van der Waals surface area contributed by atoms with E-state index >= 15 is 0 Å². The van der Waals surface area contributed by atoms with Crippen LogP contribution in [0.1, 0.15) is 15.9 Å². The van der Waals surface area contributed by atoms with Gasteiger partial charge in [0, 0.05) is 20.7 Å². The summed E-state index contributed by atoms with van der Waals surface area (Å²) in [6, 6.07) is 15.7. The number of carbonyl (C=O) groups is 1. The summed E-state index contributed by atoms with van der Waals surface area (Å²) < 4.78 is 1.07. The van der Waals surface area contributed by atoms with Crippen molar-refractivity contribution in [2.75, 3.05) is 6.26 Å². The van der Waals surface area contributed by atoms with Crippen molar-refractivity contribution in [2.45, 2.75) is 4.90 Å². The van der Waals surface area contributed by atoms with Gasteiger partial charge in [-0.05, 0) is 53.4 Å². The van der Waals surface area contributed by atoms with Crippen molar-refractivity contribution < 1.29 is 4.79 Å². The molecule has 0 atom stereocenters. The Kier molecular flexibility index (Phi) is 3.40. The fourth-order valence-corrected chi connectivity index (χ4v) is 3.39. The summed E-state index contributed by atoms with van der Waals surface area (Å²) in [7, 11) is 0. The predicted molar refractivity (Wildman–Crippen MR) is 83.5 cm³/mol. The zero-order valence-electron chi connectivity index (χ0n) is 10.4. The second-order valence-electron chi connectivity index (χ2n) is 4.20. The van der Waals surface area contributed by atoms with Gasteiger partial charge in [0.25, 0.3) is 0 Å². The SMILES string of the molecule is CSc1ccc(C(=O)c2cccc3ccsc23)cc1. The number of thioether (sulfide) groups is 1. The Hall–Kier alpha value is -1.58. The highest BCUT2D eigenvalue weighted by Crippen LogP contribution is 2.27. The molecule has 0 aliphatic carbocycles. The van der Waals surface area contributed by atoms with Gasteiger partial charge < -0.3 is 0 Å². The van der Waals surface area contributed by atoms with Crippen molar-refractivity contribution in [3.63, 3.8) is 0 Å². The van der Waals surface area contributed by atoms with E-state index in [1.54, 1.807) is 23.1 Å². The number of fused-ring (bicyclic) bond motifs is 1. The van der Waals surface area contributed by atoms with Gasteiger partial charge in [-0.3, -0.25) is 4.79 Å². The van der Waals surface area contributed by atoms with Gasteiger partial charge in [0.1, 0.15) is 0 Å². The van der Waals surface area contributed by atoms with E-state index in [-0.39, 0.29) is 5.78 Å². The molecular formula is C16H12OS2. The highest BCUT2D eigenvalue weighted by atomic mass is 32.2. The summed E-state index contributed by atoms with van der Waals surface area (Å²) in [5.41, 5.74) is 1.54. The Morgan fingerprint density at radius 3 is 2.58 bits per heavy atom. The van der Waals surface area contributed by atoms with E-state index in [1.807, 2.05) is 60.2 Å². The van der Waals surface area contributed by atoms with Crippen LogP contribution in [0.2, 0.25) is 0 Å². The zero-order valence-corrected chi connectivity index (χ0v) is 12.1. The maximum atomic E-state index is 12.6. The predicted octanol–water partition coefficient (Wildman–Crippen LogP) is 4.85. The first-order valence-electron chi connectivity index (χ1n) is 5.94. The molecule has 1 heterocycles. The Morgan fingerprint density at radius 1 is 1.05 bits per heavy atom. The molecule has 0 unspecified atom stereocenters. The molecule has 0 amide bonds. The largest absolute Gasteiger partial charge is 0.289 e. The molecule has 3 rings (SSSR count). The fraction of sp³-hybridized carbons (Fsp3) is 0.0625. The average molecular weight is 284 g/mol. The summed E-state index contributed by atoms with van der Waals surface area (Å²) in [6.45, 7) is 0. The summed E-state index contributed by atoms with van der Waals surface area (Å²) in [6.07, 6.45) is 2.03. The van der Waals surface area contributed by atoms with Gasteiger partial charge in [-0.15, -0.1) is 23.1 Å². The minimum atomic E-state index is 0.0979. The van der Waals surface area contributed by atoms with Gasteiger partial charge in [-0.1, -0.05) is 12.1 Å². The number of thiophene rings is 1. The molecule has 94 valence electrons. The van der Waals surface area contributed by atoms with Crippen molar-refractivity contribution in [3.8, 4) is 0 Å². The van der Waals surface area contributed by atoms with Crippen LogP contribution in [0.25, 0.3) is 10.1 Å². The molecule has 3 heteroatoms. The van der Waals surface area contributed by atoms with Crippen molar-refractivity contribution in [1.82, 2.24) is 0 Å². The number of benzene rings is 2. The standard InChI is InChI=1S/C16H12OS2/c1-18-13-7-5-11(6-8-13)15(17)14-4-2-3-12-9-10-19-16(12)14/h2-10H,1H3. The Bertz CT molecular complexity index is 726. The normalized spacial score (nSPS) is 10.8. The van der Waals surface area contributed by atoms with Crippen LogP contribution >= 0.6 is 23.1 Å². The number of hydrogen-bond acceptors (Lipinski definition) is 3. The van der Waals surface area contributed by atoms with Gasteiger partial charge in [0.05, 0.1) is 0 Å². The topological polar surface area (TPSA) is 17.1 Å². The lowest BCUT2D eigenvalue weighted by atomic mass is 10.0. The second kappa shape index (κ2) is 5.19. The lowest BCUT2D eigenvalue weighted by Crippen LogP contribution is -2.00. The third-order valence-corrected chi connectivity index (χ3v) is 4.78. The summed E-state index contributed by atoms with van der Waals surface area (Å²) in [5, 5.41) is 3.16. The summed E-state index contributed by atoms with van der Waals surface area (Å²) in [5.74, 6) is 0.0979. The van der Waals surface area contributed by atoms with E-state index in [2.05, 4.69) is 0 Å². The maximum Gasteiger partial charge on any atom is 0.194 e. The molecular weight excluding hydrogens is 272 g/mol. The van der Waals surface area contributed by atoms with Crippen LogP contribution in [0, 0.1) is 0 Å². The fourth-order valence-electron chi connectivity index (χ4n) is 2.07. The minimum absolute atomic E-state index is 0.0979. The molecule has 3 aromatic rings. The Morgan fingerprint density at radius 2 is 1.84 bits per heavy atom. The Balaban J connectivity index is 2.05. The minimum Gasteiger partial charge on any atom is -0.289 e. The monoisotopic (exact) mass is 284 g/mol. The van der Waals surface area contributed by atoms with Crippen molar-refractivity contribution in [2.24, 2.45) is 0 Å². The first-order chi connectivity index (χ1) is 9.29. The van der Waals surface area contributed by atoms with E-state index in [9.17, 15) is 4.79 Å². The molecule has 0 aliphatic heterocycles. The molecule has 0 fully saturated rings. The molecule has 0 aliphatic rings.